The number of anilines is 1. The number of nitrogens with one attached hydrogen (secondary N) is 1. The van der Waals surface area contributed by atoms with Gasteiger partial charge in [-0.2, -0.15) is 5.01 Å². The van der Waals surface area contributed by atoms with Crippen LogP contribution >= 0.6 is 0 Å². The van der Waals surface area contributed by atoms with E-state index in [1.165, 1.54) is 11.9 Å². The lowest BCUT2D eigenvalue weighted by Crippen LogP contribution is -2.49. The minimum Gasteiger partial charge on any atom is -0.437 e. The van der Waals surface area contributed by atoms with Crippen molar-refractivity contribution in [2.45, 2.75) is 25.5 Å². The van der Waals surface area contributed by atoms with Crippen molar-refractivity contribution in [3.63, 3.8) is 0 Å². The lowest BCUT2D eigenvalue weighted by molar-refractivity contribution is -0.160. The molecule has 1 spiro atoms. The highest BCUT2D eigenvalue weighted by molar-refractivity contribution is 6.08. The first-order valence-electron chi connectivity index (χ1n) is 6.62. The van der Waals surface area contributed by atoms with E-state index in [0.29, 0.717) is 17.1 Å². The summed E-state index contributed by atoms with van der Waals surface area (Å²) >= 11 is 0. The second kappa shape index (κ2) is 3.59. The van der Waals surface area contributed by atoms with Crippen molar-refractivity contribution in [2.24, 2.45) is 11.0 Å². The van der Waals surface area contributed by atoms with Crippen LogP contribution in [0.5, 0.6) is 0 Å². The lowest BCUT2D eigenvalue weighted by Gasteiger charge is -2.28. The van der Waals surface area contributed by atoms with Crippen molar-refractivity contribution >= 4 is 23.4 Å². The maximum Gasteiger partial charge on any atom is 0.313 e. The molecule has 3 aliphatic rings. The number of hydrazone groups is 1. The Kier molecular flexibility index (Phi) is 2.06. The van der Waals surface area contributed by atoms with Gasteiger partial charge in [0.25, 0.3) is 5.91 Å². The van der Waals surface area contributed by atoms with Crippen LogP contribution in [0.25, 0.3) is 0 Å². The summed E-state index contributed by atoms with van der Waals surface area (Å²) in [6.07, 6.45) is 1.98. The van der Waals surface area contributed by atoms with Gasteiger partial charge in [-0.05, 0) is 18.9 Å². The van der Waals surface area contributed by atoms with Crippen LogP contribution in [0.15, 0.2) is 29.4 Å². The van der Waals surface area contributed by atoms with Crippen LogP contribution in [0.3, 0.4) is 0 Å². The molecule has 2 amide bonds. The summed E-state index contributed by atoms with van der Waals surface area (Å²) in [6, 6.07) is 7.22. The fraction of sp³-hybridized carbons (Fsp3) is 0.357. The Morgan fingerprint density at radius 2 is 2.20 bits per heavy atom. The summed E-state index contributed by atoms with van der Waals surface area (Å²) in [7, 11) is 0. The molecule has 1 saturated carbocycles. The number of benzene rings is 1. The summed E-state index contributed by atoms with van der Waals surface area (Å²) in [5.74, 6) is 0.0460. The van der Waals surface area contributed by atoms with E-state index in [1.807, 2.05) is 12.1 Å². The van der Waals surface area contributed by atoms with Crippen molar-refractivity contribution in [2.75, 3.05) is 5.32 Å². The minimum atomic E-state index is -1.46. The molecular weight excluding hydrogens is 258 g/mol. The van der Waals surface area contributed by atoms with E-state index >= 15 is 0 Å². The highest BCUT2D eigenvalue weighted by Gasteiger charge is 2.61. The van der Waals surface area contributed by atoms with E-state index in [1.54, 1.807) is 12.1 Å². The molecule has 1 aromatic carbocycles. The number of hydrogen-bond donors (Lipinski definition) is 1. The third-order valence-corrected chi connectivity index (χ3v) is 3.82. The molecular formula is C14H13N3O3. The van der Waals surface area contributed by atoms with Gasteiger partial charge in [-0.3, -0.25) is 9.59 Å². The average Bonchev–Trinajstić information content (AvgIpc) is 3.14. The van der Waals surface area contributed by atoms with Crippen LogP contribution in [0.1, 0.15) is 25.3 Å². The largest absolute Gasteiger partial charge is 0.437 e. The standard InChI is InChI=1S/C14H13N3O3/c1-8(18)17-14(20-12(16-17)9-6-7-9)10-4-2-3-5-11(10)15-13(14)19/h2-5,9H,6-7H2,1H3,(H,15,19)/t14-/m0/s1. The second-order valence-electron chi connectivity index (χ2n) is 5.29. The van der Waals surface area contributed by atoms with Gasteiger partial charge in [0.15, 0.2) is 0 Å². The zero-order valence-electron chi connectivity index (χ0n) is 10.9. The molecule has 2 aliphatic heterocycles. The van der Waals surface area contributed by atoms with Gasteiger partial charge in [0, 0.05) is 12.8 Å². The molecule has 6 nitrogen and oxygen atoms in total. The summed E-state index contributed by atoms with van der Waals surface area (Å²) in [5.41, 5.74) is -0.157. The Morgan fingerprint density at radius 1 is 1.45 bits per heavy atom. The topological polar surface area (TPSA) is 71.0 Å². The van der Waals surface area contributed by atoms with Crippen LogP contribution in [0.4, 0.5) is 5.69 Å². The maximum absolute atomic E-state index is 12.5. The highest BCUT2D eigenvalue weighted by atomic mass is 16.6. The zero-order valence-corrected chi connectivity index (χ0v) is 10.9. The number of fused-ring (bicyclic) bond motifs is 2. The molecule has 0 bridgehead atoms. The molecule has 20 heavy (non-hydrogen) atoms. The first-order valence-corrected chi connectivity index (χ1v) is 6.62. The third-order valence-electron chi connectivity index (χ3n) is 3.82. The van der Waals surface area contributed by atoms with Gasteiger partial charge in [0.1, 0.15) is 0 Å². The van der Waals surface area contributed by atoms with E-state index < -0.39 is 5.72 Å². The van der Waals surface area contributed by atoms with Gasteiger partial charge < -0.3 is 10.1 Å². The number of amides is 2. The quantitative estimate of drug-likeness (QED) is 0.839. The predicted octanol–water partition coefficient (Wildman–Crippen LogP) is 1.39. The summed E-state index contributed by atoms with van der Waals surface area (Å²) < 4.78 is 5.89. The first kappa shape index (κ1) is 11.5. The van der Waals surface area contributed by atoms with Crippen LogP contribution in [-0.2, 0) is 20.1 Å². The van der Waals surface area contributed by atoms with E-state index in [0.717, 1.165) is 12.8 Å². The van der Waals surface area contributed by atoms with Gasteiger partial charge in [0.2, 0.25) is 11.8 Å². The number of nitrogens with zero attached hydrogens (tertiary/aromatic N) is 2. The normalized spacial score (nSPS) is 27.1. The third kappa shape index (κ3) is 1.31. The van der Waals surface area contributed by atoms with Crippen LogP contribution in [0, 0.1) is 5.92 Å². The molecule has 4 rings (SSSR count). The van der Waals surface area contributed by atoms with Gasteiger partial charge in [-0.25, -0.2) is 0 Å². The van der Waals surface area contributed by atoms with Crippen molar-refractivity contribution in [3.05, 3.63) is 29.8 Å². The van der Waals surface area contributed by atoms with Gasteiger partial charge in [0.05, 0.1) is 11.3 Å². The number of ether oxygens (including phenoxy) is 1. The average molecular weight is 271 g/mol. The Labute approximate surface area is 115 Å². The second-order valence-corrected chi connectivity index (χ2v) is 5.29. The Morgan fingerprint density at radius 3 is 2.90 bits per heavy atom. The molecule has 1 N–H and O–H groups in total. The van der Waals surface area contributed by atoms with Crippen molar-refractivity contribution in [3.8, 4) is 0 Å². The summed E-state index contributed by atoms with van der Waals surface area (Å²) in [5, 5.41) is 8.18. The van der Waals surface area contributed by atoms with E-state index in [2.05, 4.69) is 10.4 Å². The number of rotatable bonds is 1. The molecule has 1 aromatic rings. The predicted molar refractivity (Wildman–Crippen MR) is 70.5 cm³/mol. The lowest BCUT2D eigenvalue weighted by atomic mass is 10.0. The number of carbonyl (C=O) groups excluding carboxylic acids is 2. The van der Waals surface area contributed by atoms with E-state index in [4.69, 9.17) is 4.74 Å². The van der Waals surface area contributed by atoms with Crippen LogP contribution < -0.4 is 5.32 Å². The maximum atomic E-state index is 12.5. The van der Waals surface area contributed by atoms with E-state index in [9.17, 15) is 9.59 Å². The molecule has 2 heterocycles. The van der Waals surface area contributed by atoms with Gasteiger partial charge in [-0.15, -0.1) is 5.10 Å². The van der Waals surface area contributed by atoms with Gasteiger partial charge >= 0.3 is 5.72 Å². The van der Waals surface area contributed by atoms with Crippen molar-refractivity contribution in [1.82, 2.24) is 5.01 Å². The van der Waals surface area contributed by atoms with Gasteiger partial charge in [-0.1, -0.05) is 18.2 Å². The smallest absolute Gasteiger partial charge is 0.313 e. The fourth-order valence-electron chi connectivity index (χ4n) is 2.70. The van der Waals surface area contributed by atoms with Crippen molar-refractivity contribution in [1.29, 1.82) is 0 Å². The number of para-hydroxylation sites is 1. The highest BCUT2D eigenvalue weighted by Crippen LogP contribution is 2.47. The van der Waals surface area contributed by atoms with Crippen LogP contribution in [-0.4, -0.2) is 22.7 Å². The fourth-order valence-corrected chi connectivity index (χ4v) is 2.70. The number of carbonyl (C=O) groups is 2. The molecule has 0 radical (unpaired) electrons. The molecule has 1 aliphatic carbocycles. The molecule has 1 fully saturated rings. The molecule has 102 valence electrons. The Bertz CT molecular complexity index is 665. The number of hydrogen-bond acceptors (Lipinski definition) is 4. The molecule has 6 heteroatoms. The summed E-state index contributed by atoms with van der Waals surface area (Å²) in [6.45, 7) is 1.39. The Balaban J connectivity index is 1.87. The molecule has 1 atom stereocenters. The van der Waals surface area contributed by atoms with E-state index in [-0.39, 0.29) is 17.7 Å². The molecule has 0 aromatic heterocycles. The Hall–Kier alpha value is -2.37. The SMILES string of the molecule is CC(=O)N1N=C(C2CC2)O[C@@]12C(=O)Nc1ccccc12. The minimum absolute atomic E-state index is 0.233. The molecule has 0 unspecified atom stereocenters. The van der Waals surface area contributed by atoms with Crippen molar-refractivity contribution < 1.29 is 14.3 Å². The monoisotopic (exact) mass is 271 g/mol. The summed E-state index contributed by atoms with van der Waals surface area (Å²) in [4.78, 5) is 24.4. The zero-order chi connectivity index (χ0) is 13.9. The van der Waals surface area contributed by atoms with Crippen LogP contribution in [0.2, 0.25) is 0 Å². The first-order chi connectivity index (χ1) is 9.63. The molecule has 0 saturated heterocycles.